The fraction of sp³-hybridized carbons (Fsp3) is 0.450. The number of nitrogens with zero attached hydrogens (tertiary/aromatic N) is 2. The van der Waals surface area contributed by atoms with Gasteiger partial charge < -0.3 is 14.1 Å². The second-order valence-corrected chi connectivity index (χ2v) is 7.41. The van der Waals surface area contributed by atoms with Crippen LogP contribution in [0.15, 0.2) is 53.1 Å². The quantitative estimate of drug-likeness (QED) is 0.665. The molecule has 0 N–H and O–H groups in total. The lowest BCUT2D eigenvalue weighted by molar-refractivity contribution is -0.128. The van der Waals surface area contributed by atoms with Gasteiger partial charge in [-0.25, -0.2) is 0 Å². The summed E-state index contributed by atoms with van der Waals surface area (Å²) in [6, 6.07) is 13.7. The molecule has 26 heavy (non-hydrogen) atoms. The maximum atomic E-state index is 12.4. The van der Waals surface area contributed by atoms with Crippen LogP contribution in [0.2, 0.25) is 0 Å². The number of para-hydroxylation sites is 1. The molecule has 0 bridgehead atoms. The summed E-state index contributed by atoms with van der Waals surface area (Å²) in [7, 11) is 0. The van der Waals surface area contributed by atoms with Crippen molar-refractivity contribution in [3.63, 3.8) is 0 Å². The molecule has 0 saturated carbocycles. The first kappa shape index (κ1) is 18.9. The maximum absolute atomic E-state index is 12.4. The number of ether oxygens (including phenoxy) is 1. The summed E-state index contributed by atoms with van der Waals surface area (Å²) >= 11 is 1.64. The zero-order valence-electron chi connectivity index (χ0n) is 15.0. The smallest absolute Gasteiger partial charge is 0.232 e. The van der Waals surface area contributed by atoms with Gasteiger partial charge in [0.25, 0.3) is 0 Å². The van der Waals surface area contributed by atoms with Gasteiger partial charge in [0.05, 0.1) is 25.2 Å². The van der Waals surface area contributed by atoms with E-state index in [9.17, 15) is 4.79 Å². The van der Waals surface area contributed by atoms with Gasteiger partial charge in [0, 0.05) is 31.9 Å². The molecular weight excluding hydrogens is 348 g/mol. The predicted octanol–water partition coefficient (Wildman–Crippen LogP) is 3.13. The molecule has 1 aromatic carbocycles. The third-order valence-corrected chi connectivity index (χ3v) is 5.27. The summed E-state index contributed by atoms with van der Waals surface area (Å²) in [5.74, 6) is 3.44. The molecule has 1 aliphatic rings. The van der Waals surface area contributed by atoms with Crippen molar-refractivity contribution in [2.45, 2.75) is 13.0 Å². The fourth-order valence-corrected chi connectivity index (χ4v) is 3.69. The van der Waals surface area contributed by atoms with E-state index in [1.165, 1.54) is 0 Å². The van der Waals surface area contributed by atoms with Gasteiger partial charge in [0.2, 0.25) is 5.91 Å². The van der Waals surface area contributed by atoms with Crippen molar-refractivity contribution in [2.75, 3.05) is 44.3 Å². The minimum atomic E-state index is 0.231. The molecular formula is C20H26N2O3S. The molecule has 1 aromatic heterocycles. The number of rotatable bonds is 8. The number of amides is 1. The zero-order chi connectivity index (χ0) is 18.0. The van der Waals surface area contributed by atoms with Crippen molar-refractivity contribution in [3.8, 4) is 5.75 Å². The van der Waals surface area contributed by atoms with Crippen LogP contribution in [-0.2, 0) is 11.3 Å². The van der Waals surface area contributed by atoms with E-state index in [2.05, 4.69) is 4.90 Å². The molecule has 0 radical (unpaired) electrons. The summed E-state index contributed by atoms with van der Waals surface area (Å²) in [5.41, 5.74) is 0. The lowest BCUT2D eigenvalue weighted by Crippen LogP contribution is -2.36. The highest BCUT2D eigenvalue weighted by molar-refractivity contribution is 7.99. The first-order valence-electron chi connectivity index (χ1n) is 9.09. The van der Waals surface area contributed by atoms with Gasteiger partial charge in [-0.05, 0) is 30.7 Å². The van der Waals surface area contributed by atoms with E-state index in [0.717, 1.165) is 56.4 Å². The van der Waals surface area contributed by atoms with E-state index in [-0.39, 0.29) is 5.91 Å². The van der Waals surface area contributed by atoms with Gasteiger partial charge in [-0.3, -0.25) is 9.69 Å². The van der Waals surface area contributed by atoms with Crippen molar-refractivity contribution in [1.29, 1.82) is 0 Å². The van der Waals surface area contributed by atoms with Gasteiger partial charge in [-0.15, -0.1) is 11.8 Å². The predicted molar refractivity (Wildman–Crippen MR) is 104 cm³/mol. The molecule has 2 aromatic rings. The number of carbonyl (C=O) groups is 1. The summed E-state index contributed by atoms with van der Waals surface area (Å²) in [6.45, 7) is 4.98. The van der Waals surface area contributed by atoms with Crippen molar-refractivity contribution >= 4 is 17.7 Å². The lowest BCUT2D eigenvalue weighted by Gasteiger charge is -2.21. The maximum Gasteiger partial charge on any atom is 0.232 e. The topological polar surface area (TPSA) is 45.9 Å². The van der Waals surface area contributed by atoms with Gasteiger partial charge in [0.15, 0.2) is 0 Å². The van der Waals surface area contributed by atoms with Gasteiger partial charge >= 0.3 is 0 Å². The van der Waals surface area contributed by atoms with E-state index in [1.54, 1.807) is 18.0 Å². The Kier molecular flexibility index (Phi) is 7.46. The van der Waals surface area contributed by atoms with Crippen LogP contribution in [0, 0.1) is 0 Å². The molecule has 0 unspecified atom stereocenters. The number of hydrogen-bond donors (Lipinski definition) is 0. The SMILES string of the molecule is O=C(CSCCOc1ccccc1)N1CCCN(Cc2ccco2)CC1. The summed E-state index contributed by atoms with van der Waals surface area (Å²) < 4.78 is 11.1. The zero-order valence-corrected chi connectivity index (χ0v) is 15.8. The van der Waals surface area contributed by atoms with Crippen LogP contribution in [0.25, 0.3) is 0 Å². The van der Waals surface area contributed by atoms with E-state index >= 15 is 0 Å². The first-order valence-corrected chi connectivity index (χ1v) is 10.2. The molecule has 1 saturated heterocycles. The van der Waals surface area contributed by atoms with Gasteiger partial charge in [-0.2, -0.15) is 0 Å². The van der Waals surface area contributed by atoms with Crippen LogP contribution in [-0.4, -0.2) is 60.0 Å². The average Bonchev–Trinajstić information content (AvgIpc) is 3.06. The van der Waals surface area contributed by atoms with E-state index in [1.807, 2.05) is 47.4 Å². The second-order valence-electron chi connectivity index (χ2n) is 6.30. The molecule has 1 amide bonds. The number of hydrogen-bond acceptors (Lipinski definition) is 5. The average molecular weight is 375 g/mol. The minimum Gasteiger partial charge on any atom is -0.493 e. The Labute approximate surface area is 159 Å². The highest BCUT2D eigenvalue weighted by Gasteiger charge is 2.19. The second kappa shape index (κ2) is 10.3. The molecule has 6 heteroatoms. The molecule has 140 valence electrons. The molecule has 5 nitrogen and oxygen atoms in total. The fourth-order valence-electron chi connectivity index (χ4n) is 2.99. The van der Waals surface area contributed by atoms with E-state index in [4.69, 9.17) is 9.15 Å². The lowest BCUT2D eigenvalue weighted by atomic mass is 10.3. The van der Waals surface area contributed by atoms with Gasteiger partial charge in [-0.1, -0.05) is 18.2 Å². The summed E-state index contributed by atoms with van der Waals surface area (Å²) in [6.07, 6.45) is 2.72. The Balaban J connectivity index is 1.31. The number of furan rings is 1. The monoisotopic (exact) mass is 374 g/mol. The van der Waals surface area contributed by atoms with Crippen molar-refractivity contribution < 1.29 is 13.9 Å². The van der Waals surface area contributed by atoms with E-state index in [0.29, 0.717) is 12.4 Å². The van der Waals surface area contributed by atoms with Crippen LogP contribution in [0.4, 0.5) is 0 Å². The highest BCUT2D eigenvalue weighted by atomic mass is 32.2. The van der Waals surface area contributed by atoms with Crippen LogP contribution in [0.5, 0.6) is 5.75 Å². The Bertz CT molecular complexity index is 648. The molecule has 0 spiro atoms. The molecule has 1 fully saturated rings. The molecule has 3 rings (SSSR count). The number of thioether (sulfide) groups is 1. The van der Waals surface area contributed by atoms with Crippen LogP contribution in [0.1, 0.15) is 12.2 Å². The standard InChI is InChI=1S/C20H26N2O3S/c23-20(17-26-15-14-25-18-6-2-1-3-7-18)22-10-5-9-21(11-12-22)16-19-8-4-13-24-19/h1-4,6-8,13H,5,9-12,14-17H2. The van der Waals surface area contributed by atoms with Crippen LogP contribution >= 0.6 is 11.8 Å². The molecule has 0 atom stereocenters. The normalized spacial score (nSPS) is 15.6. The number of benzene rings is 1. The van der Waals surface area contributed by atoms with Gasteiger partial charge in [0.1, 0.15) is 11.5 Å². The van der Waals surface area contributed by atoms with Crippen molar-refractivity contribution in [1.82, 2.24) is 9.80 Å². The Morgan fingerprint density at radius 3 is 2.77 bits per heavy atom. The number of carbonyl (C=O) groups excluding carboxylic acids is 1. The van der Waals surface area contributed by atoms with Crippen molar-refractivity contribution in [3.05, 3.63) is 54.5 Å². The Hall–Kier alpha value is -1.92. The molecule has 1 aliphatic heterocycles. The largest absolute Gasteiger partial charge is 0.493 e. The highest BCUT2D eigenvalue weighted by Crippen LogP contribution is 2.12. The summed E-state index contributed by atoms with van der Waals surface area (Å²) in [4.78, 5) is 16.8. The Morgan fingerprint density at radius 1 is 1.08 bits per heavy atom. The summed E-state index contributed by atoms with van der Waals surface area (Å²) in [5, 5.41) is 0. The third kappa shape index (κ3) is 6.11. The van der Waals surface area contributed by atoms with Crippen molar-refractivity contribution in [2.24, 2.45) is 0 Å². The molecule has 2 heterocycles. The van der Waals surface area contributed by atoms with Crippen LogP contribution in [0.3, 0.4) is 0 Å². The van der Waals surface area contributed by atoms with Crippen LogP contribution < -0.4 is 4.74 Å². The van der Waals surface area contributed by atoms with E-state index < -0.39 is 0 Å². The Morgan fingerprint density at radius 2 is 1.96 bits per heavy atom. The minimum absolute atomic E-state index is 0.231. The molecule has 0 aliphatic carbocycles. The first-order chi connectivity index (χ1) is 12.8. The third-order valence-electron chi connectivity index (χ3n) is 4.37.